The first-order chi connectivity index (χ1) is 12.1. The third-order valence-electron chi connectivity index (χ3n) is 4.53. The lowest BCUT2D eigenvalue weighted by Gasteiger charge is -2.27. The molecule has 1 amide bonds. The van der Waals surface area contributed by atoms with Crippen LogP contribution in [0.2, 0.25) is 0 Å². The minimum atomic E-state index is -3.68. The molecule has 0 saturated carbocycles. The van der Waals surface area contributed by atoms with Crippen molar-refractivity contribution in [3.63, 3.8) is 0 Å². The first-order valence-corrected chi connectivity index (χ1v) is 10.0. The summed E-state index contributed by atoms with van der Waals surface area (Å²) >= 11 is 0. The van der Waals surface area contributed by atoms with Gasteiger partial charge < -0.3 is 10.1 Å². The molecule has 1 rings (SSSR count). The maximum atomic E-state index is 12.7. The molecule has 1 unspecified atom stereocenters. The van der Waals surface area contributed by atoms with Gasteiger partial charge >= 0.3 is 5.97 Å². The maximum Gasteiger partial charge on any atom is 0.331 e. The highest BCUT2D eigenvalue weighted by Crippen LogP contribution is 2.21. The minimum Gasteiger partial charge on any atom is -0.467 e. The van der Waals surface area contributed by atoms with Crippen molar-refractivity contribution in [2.75, 3.05) is 20.2 Å². The van der Waals surface area contributed by atoms with Crippen molar-refractivity contribution >= 4 is 21.9 Å². The van der Waals surface area contributed by atoms with Gasteiger partial charge in [0.2, 0.25) is 10.0 Å². The summed E-state index contributed by atoms with van der Waals surface area (Å²) in [7, 11) is -2.43. The van der Waals surface area contributed by atoms with Gasteiger partial charge in [-0.15, -0.1) is 0 Å². The standard InChI is InChI=1S/C18H28N2O5S/c1-7-18(5,17(22)25-6)19-16(21)15-12-14(11-10-13(15)4)26(23,24)20(8-2)9-3/h10-12H,7-9H2,1-6H3,(H,19,21). The quantitative estimate of drug-likeness (QED) is 0.693. The van der Waals surface area contributed by atoms with Gasteiger partial charge in [-0.1, -0.05) is 26.8 Å². The summed E-state index contributed by atoms with van der Waals surface area (Å²) in [5.41, 5.74) is -0.363. The Morgan fingerprint density at radius 1 is 1.19 bits per heavy atom. The smallest absolute Gasteiger partial charge is 0.331 e. The van der Waals surface area contributed by atoms with Crippen LogP contribution in [-0.2, 0) is 19.6 Å². The molecule has 1 aromatic rings. The lowest BCUT2D eigenvalue weighted by Crippen LogP contribution is -2.52. The predicted octanol–water partition coefficient (Wildman–Crippen LogP) is 2.10. The molecule has 7 nitrogen and oxygen atoms in total. The zero-order chi connectivity index (χ0) is 20.1. The molecule has 0 spiro atoms. The molecule has 0 heterocycles. The number of nitrogens with one attached hydrogen (secondary N) is 1. The molecule has 1 aromatic carbocycles. The van der Waals surface area contributed by atoms with Crippen molar-refractivity contribution in [1.82, 2.24) is 9.62 Å². The zero-order valence-corrected chi connectivity index (χ0v) is 17.1. The van der Waals surface area contributed by atoms with Crippen LogP contribution in [0.25, 0.3) is 0 Å². The topological polar surface area (TPSA) is 92.8 Å². The van der Waals surface area contributed by atoms with Crippen molar-refractivity contribution in [2.24, 2.45) is 0 Å². The van der Waals surface area contributed by atoms with Crippen molar-refractivity contribution in [3.05, 3.63) is 29.3 Å². The highest BCUT2D eigenvalue weighted by molar-refractivity contribution is 7.89. The lowest BCUT2D eigenvalue weighted by atomic mass is 9.97. The fourth-order valence-electron chi connectivity index (χ4n) is 2.55. The first kappa shape index (κ1) is 22.1. The summed E-state index contributed by atoms with van der Waals surface area (Å²) < 4.78 is 31.5. The van der Waals surface area contributed by atoms with E-state index < -0.39 is 27.4 Å². The van der Waals surface area contributed by atoms with E-state index in [4.69, 9.17) is 4.74 Å². The normalized spacial score (nSPS) is 14.0. The van der Waals surface area contributed by atoms with E-state index in [1.165, 1.54) is 23.5 Å². The van der Waals surface area contributed by atoms with Gasteiger partial charge in [0.05, 0.1) is 12.0 Å². The van der Waals surface area contributed by atoms with Gasteiger partial charge in [0.25, 0.3) is 5.91 Å². The van der Waals surface area contributed by atoms with Gasteiger partial charge in [0.15, 0.2) is 0 Å². The number of hydrogen-bond donors (Lipinski definition) is 1. The largest absolute Gasteiger partial charge is 0.467 e. The number of aryl methyl sites for hydroxylation is 1. The van der Waals surface area contributed by atoms with Crippen LogP contribution < -0.4 is 5.32 Å². The van der Waals surface area contributed by atoms with E-state index in [0.29, 0.717) is 25.1 Å². The van der Waals surface area contributed by atoms with Crippen molar-refractivity contribution < 1.29 is 22.7 Å². The molecule has 0 saturated heterocycles. The Balaban J connectivity index is 3.30. The average Bonchev–Trinajstić information content (AvgIpc) is 2.61. The van der Waals surface area contributed by atoms with Crippen LogP contribution in [0.3, 0.4) is 0 Å². The number of carbonyl (C=O) groups is 2. The molecule has 0 radical (unpaired) electrons. The summed E-state index contributed by atoms with van der Waals surface area (Å²) in [5, 5.41) is 2.66. The van der Waals surface area contributed by atoms with Crippen LogP contribution in [0.5, 0.6) is 0 Å². The molecule has 0 fully saturated rings. The number of esters is 1. The second-order valence-electron chi connectivity index (χ2n) is 6.20. The zero-order valence-electron chi connectivity index (χ0n) is 16.3. The maximum absolute atomic E-state index is 12.7. The molecule has 26 heavy (non-hydrogen) atoms. The number of benzene rings is 1. The Bertz CT molecular complexity index is 772. The predicted molar refractivity (Wildman–Crippen MR) is 99.5 cm³/mol. The Labute approximate surface area is 155 Å². The number of rotatable bonds is 8. The molecule has 0 aliphatic heterocycles. The van der Waals surface area contributed by atoms with Crippen molar-refractivity contribution in [3.8, 4) is 0 Å². The molecule has 0 aliphatic rings. The summed E-state index contributed by atoms with van der Waals surface area (Å²) in [6.45, 7) is 9.23. The average molecular weight is 384 g/mol. The van der Waals surface area contributed by atoms with Gasteiger partial charge in [-0.3, -0.25) is 4.79 Å². The molecule has 8 heteroatoms. The molecule has 1 N–H and O–H groups in total. The van der Waals surface area contributed by atoms with E-state index in [2.05, 4.69) is 5.32 Å². The van der Waals surface area contributed by atoms with Crippen LogP contribution in [0.15, 0.2) is 23.1 Å². The highest BCUT2D eigenvalue weighted by Gasteiger charge is 2.35. The summed E-state index contributed by atoms with van der Waals surface area (Å²) in [4.78, 5) is 24.7. The highest BCUT2D eigenvalue weighted by atomic mass is 32.2. The second-order valence-corrected chi connectivity index (χ2v) is 8.14. The van der Waals surface area contributed by atoms with Crippen LogP contribution in [0.4, 0.5) is 0 Å². The molecule has 1 atom stereocenters. The minimum absolute atomic E-state index is 0.0493. The molecular formula is C18H28N2O5S. The van der Waals surface area contributed by atoms with E-state index in [1.54, 1.807) is 40.7 Å². The fourth-order valence-corrected chi connectivity index (χ4v) is 4.03. The Hall–Kier alpha value is -1.93. The Morgan fingerprint density at radius 2 is 1.77 bits per heavy atom. The fraction of sp³-hybridized carbons (Fsp3) is 0.556. The molecule has 0 aromatic heterocycles. The number of carbonyl (C=O) groups excluding carboxylic acids is 2. The van der Waals surface area contributed by atoms with Gasteiger partial charge in [-0.05, 0) is 38.0 Å². The van der Waals surface area contributed by atoms with Gasteiger partial charge in [0.1, 0.15) is 5.54 Å². The Morgan fingerprint density at radius 3 is 2.23 bits per heavy atom. The first-order valence-electron chi connectivity index (χ1n) is 8.59. The van der Waals surface area contributed by atoms with Gasteiger partial charge in [-0.2, -0.15) is 4.31 Å². The third kappa shape index (κ3) is 4.42. The van der Waals surface area contributed by atoms with Crippen molar-refractivity contribution in [1.29, 1.82) is 0 Å². The summed E-state index contributed by atoms with van der Waals surface area (Å²) in [5.74, 6) is -1.08. The number of sulfonamides is 1. The second kappa shape index (κ2) is 8.64. The molecule has 0 bridgehead atoms. The van der Waals surface area contributed by atoms with E-state index >= 15 is 0 Å². The lowest BCUT2D eigenvalue weighted by molar-refractivity contribution is -0.147. The van der Waals surface area contributed by atoms with Crippen molar-refractivity contribution in [2.45, 2.75) is 51.5 Å². The number of nitrogens with zero attached hydrogens (tertiary/aromatic N) is 1. The van der Waals surface area contributed by atoms with Gasteiger partial charge in [-0.25, -0.2) is 13.2 Å². The molecule has 146 valence electrons. The number of amides is 1. The van der Waals surface area contributed by atoms with E-state index in [-0.39, 0.29) is 10.5 Å². The molecular weight excluding hydrogens is 356 g/mol. The third-order valence-corrected chi connectivity index (χ3v) is 6.58. The molecule has 0 aliphatic carbocycles. The van der Waals surface area contributed by atoms with Crippen LogP contribution in [0.1, 0.15) is 50.0 Å². The number of methoxy groups -OCH3 is 1. The van der Waals surface area contributed by atoms with Crippen LogP contribution >= 0.6 is 0 Å². The van der Waals surface area contributed by atoms with Crippen LogP contribution in [-0.4, -0.2) is 50.3 Å². The summed E-state index contributed by atoms with van der Waals surface area (Å²) in [6.07, 6.45) is 0.335. The van der Waals surface area contributed by atoms with E-state index in [1.807, 2.05) is 0 Å². The van der Waals surface area contributed by atoms with E-state index in [9.17, 15) is 18.0 Å². The van der Waals surface area contributed by atoms with E-state index in [0.717, 1.165) is 0 Å². The monoisotopic (exact) mass is 384 g/mol. The number of ether oxygens (including phenoxy) is 1. The number of hydrogen-bond acceptors (Lipinski definition) is 5. The SMILES string of the molecule is CCN(CC)S(=O)(=O)c1ccc(C)c(C(=O)NC(C)(CC)C(=O)OC)c1. The van der Waals surface area contributed by atoms with Gasteiger partial charge in [0, 0.05) is 18.7 Å². The Kier molecular flexibility index (Phi) is 7.35. The summed E-state index contributed by atoms with van der Waals surface area (Å²) in [6, 6.07) is 4.43. The van der Waals surface area contributed by atoms with Crippen LogP contribution in [0, 0.1) is 6.92 Å².